The predicted molar refractivity (Wildman–Crippen MR) is 407 cm³/mol. The van der Waals surface area contributed by atoms with Crippen molar-refractivity contribution >= 4 is 11.9 Å². The predicted octanol–water partition coefficient (Wildman–Crippen LogP) is 28.5. The summed E-state index contributed by atoms with van der Waals surface area (Å²) in [6.07, 6.45) is 73.7. The number of hydrogen-bond donors (Lipinski definition) is 0. The van der Waals surface area contributed by atoms with E-state index in [0.717, 1.165) is 77.0 Å². The van der Waals surface area contributed by atoms with Crippen LogP contribution < -0.4 is 28.4 Å². The van der Waals surface area contributed by atoms with Gasteiger partial charge in [-0.25, -0.2) is 9.59 Å². The Kier molecular flexibility index (Phi) is 62.2. The highest BCUT2D eigenvalue weighted by molar-refractivity contribution is 6.03. The topological polar surface area (TPSA) is 98.8 Å². The van der Waals surface area contributed by atoms with E-state index in [1.165, 1.54) is 308 Å². The molecule has 0 radical (unpaired) electrons. The lowest BCUT2D eigenvalue weighted by molar-refractivity contribution is 0.0396. The van der Waals surface area contributed by atoms with Gasteiger partial charge in [-0.1, -0.05) is 388 Å². The lowest BCUT2D eigenvalue weighted by Crippen LogP contribution is -2.15. The van der Waals surface area contributed by atoms with Gasteiger partial charge in [0.1, 0.15) is 0 Å². The highest BCUT2D eigenvalue weighted by atomic mass is 16.6. The number of unbranched alkanes of at least 4 members (excludes halogenated alkanes) is 54. The van der Waals surface area contributed by atoms with Crippen LogP contribution in [0, 0.1) is 0 Å². The maximum atomic E-state index is 14.7. The summed E-state index contributed by atoms with van der Waals surface area (Å²) in [7, 11) is 0. The van der Waals surface area contributed by atoms with E-state index < -0.39 is 11.9 Å². The fourth-order valence-electron chi connectivity index (χ4n) is 12.9. The quantitative estimate of drug-likeness (QED) is 0.0364. The van der Waals surface area contributed by atoms with Crippen molar-refractivity contribution in [2.45, 2.75) is 427 Å². The second kappa shape index (κ2) is 67.6. The van der Waals surface area contributed by atoms with Crippen molar-refractivity contribution in [2.24, 2.45) is 0 Å². The zero-order chi connectivity index (χ0) is 68.2. The Hall–Kier alpha value is -3.62. The molecule has 2 aromatic carbocycles. The molecule has 0 N–H and O–H groups in total. The summed E-state index contributed by atoms with van der Waals surface area (Å²) >= 11 is 0. The summed E-state index contributed by atoms with van der Waals surface area (Å²) in [4.78, 5) is 29.3. The molecule has 2 rings (SSSR count). The van der Waals surface area contributed by atoms with Crippen LogP contribution in [0.5, 0.6) is 34.5 Å². The molecular formula is C86H154O9. The molecule has 0 amide bonds. The summed E-state index contributed by atoms with van der Waals surface area (Å²) in [6.45, 7) is 16.6. The van der Waals surface area contributed by atoms with E-state index in [9.17, 15) is 9.59 Å². The van der Waals surface area contributed by atoms with Crippen LogP contribution in [-0.4, -0.2) is 51.6 Å². The number of rotatable bonds is 74. The first-order valence-corrected chi connectivity index (χ1v) is 41.8. The van der Waals surface area contributed by atoms with E-state index in [-0.39, 0.29) is 11.1 Å². The van der Waals surface area contributed by atoms with Crippen LogP contribution in [0.25, 0.3) is 0 Å². The summed E-state index contributed by atoms with van der Waals surface area (Å²) in [5, 5.41) is 0. The van der Waals surface area contributed by atoms with E-state index in [4.69, 9.17) is 33.2 Å². The molecule has 2 aromatic rings. The van der Waals surface area contributed by atoms with Gasteiger partial charge in [-0.3, -0.25) is 0 Å². The Balaban J connectivity index is 2.51. The van der Waals surface area contributed by atoms with Crippen LogP contribution in [-0.2, 0) is 4.74 Å². The van der Waals surface area contributed by atoms with Crippen molar-refractivity contribution in [2.75, 3.05) is 39.6 Å². The van der Waals surface area contributed by atoms with E-state index >= 15 is 0 Å². The molecule has 0 heterocycles. The third-order valence-corrected chi connectivity index (χ3v) is 19.2. The van der Waals surface area contributed by atoms with Crippen molar-refractivity contribution in [1.82, 2.24) is 0 Å². The highest BCUT2D eigenvalue weighted by Gasteiger charge is 2.25. The Morgan fingerprint density at radius 3 is 0.495 bits per heavy atom. The monoisotopic (exact) mass is 1330 g/mol. The second-order valence-electron chi connectivity index (χ2n) is 28.5. The Morgan fingerprint density at radius 1 is 0.200 bits per heavy atom. The number of carbonyl (C=O) groups excluding carboxylic acids is 2. The largest absolute Gasteiger partial charge is 0.490 e. The van der Waals surface area contributed by atoms with Gasteiger partial charge in [0.05, 0.1) is 50.8 Å². The van der Waals surface area contributed by atoms with Gasteiger partial charge in [0.15, 0.2) is 23.0 Å². The molecule has 0 saturated heterocycles. The minimum absolute atomic E-state index is 0.187. The van der Waals surface area contributed by atoms with Crippen molar-refractivity contribution in [3.05, 3.63) is 35.4 Å². The molecule has 552 valence electrons. The molecule has 9 nitrogen and oxygen atoms in total. The lowest BCUT2D eigenvalue weighted by atomic mass is 10.1. The van der Waals surface area contributed by atoms with Gasteiger partial charge in [0.25, 0.3) is 0 Å². The molecule has 0 fully saturated rings. The smallest absolute Gasteiger partial charge is 0.346 e. The Bertz CT molecular complexity index is 1770. The van der Waals surface area contributed by atoms with Gasteiger partial charge >= 0.3 is 11.9 Å². The molecule has 9 heteroatoms. The van der Waals surface area contributed by atoms with E-state index in [1.807, 2.05) is 0 Å². The van der Waals surface area contributed by atoms with Crippen molar-refractivity contribution < 1.29 is 42.7 Å². The zero-order valence-electron chi connectivity index (χ0n) is 63.7. The maximum Gasteiger partial charge on any atom is 0.346 e. The van der Waals surface area contributed by atoms with Crippen LogP contribution in [0.1, 0.15) is 448 Å². The first kappa shape index (κ1) is 87.5. The number of benzene rings is 2. The molecule has 0 aromatic heterocycles. The first-order valence-electron chi connectivity index (χ1n) is 41.8. The van der Waals surface area contributed by atoms with Crippen LogP contribution in [0.3, 0.4) is 0 Å². The van der Waals surface area contributed by atoms with Gasteiger partial charge < -0.3 is 33.2 Å². The van der Waals surface area contributed by atoms with Crippen molar-refractivity contribution in [3.8, 4) is 34.5 Å². The van der Waals surface area contributed by atoms with Gasteiger partial charge in [-0.15, -0.1) is 0 Å². The third kappa shape index (κ3) is 50.4. The van der Waals surface area contributed by atoms with Gasteiger partial charge in [-0.2, -0.15) is 0 Å². The molecule has 0 saturated carbocycles. The van der Waals surface area contributed by atoms with Crippen LogP contribution in [0.15, 0.2) is 24.3 Å². The average molecular weight is 1330 g/mol. The zero-order valence-corrected chi connectivity index (χ0v) is 63.7. The maximum absolute atomic E-state index is 14.7. The molecule has 0 unspecified atom stereocenters. The normalized spacial score (nSPS) is 11.4. The molecule has 0 bridgehead atoms. The molecule has 0 spiro atoms. The van der Waals surface area contributed by atoms with Crippen LogP contribution in [0.2, 0.25) is 0 Å². The van der Waals surface area contributed by atoms with Crippen LogP contribution in [0.4, 0.5) is 0 Å². The highest BCUT2D eigenvalue weighted by Crippen LogP contribution is 2.42. The van der Waals surface area contributed by atoms with Gasteiger partial charge in [0.2, 0.25) is 11.5 Å². The minimum atomic E-state index is -0.772. The van der Waals surface area contributed by atoms with Gasteiger partial charge in [0, 0.05) is 0 Å². The molecule has 0 aliphatic rings. The molecule has 0 aliphatic heterocycles. The number of carbonyl (C=O) groups is 2. The number of esters is 2. The van der Waals surface area contributed by atoms with E-state index in [1.54, 1.807) is 24.3 Å². The molecular weight excluding hydrogens is 1180 g/mol. The van der Waals surface area contributed by atoms with Crippen LogP contribution >= 0.6 is 0 Å². The second-order valence-corrected chi connectivity index (χ2v) is 28.5. The SMILES string of the molecule is CCCCCCCCCCCCOc1cc(C(=O)OC(=O)c2cc(OCCCCCCCCCCCC)c(OCCCCCCCCCCCC)c(OCCCCCCCCCCCC)c2)cc(OCCCCCCCCCCCC)c1OCCCCCCCCCCCC. The summed E-state index contributed by atoms with van der Waals surface area (Å²) in [6, 6.07) is 6.83. The summed E-state index contributed by atoms with van der Waals surface area (Å²) in [5.41, 5.74) is 0.374. The lowest BCUT2D eigenvalue weighted by Gasteiger charge is -2.19. The standard InChI is InChI=1S/C86H154O9/c1-7-13-19-25-31-37-43-49-55-61-67-89-79-73-77(74-80(90-68-62-56-50-44-38-32-26-20-14-8-2)83(79)93-71-65-59-53-47-41-35-29-23-17-11-5)85(87)95-86(88)78-75-81(91-69-63-57-51-45-39-33-27-21-15-9-3)84(94-72-66-60-54-48-42-36-30-24-18-12-6)82(76-78)92-70-64-58-52-46-40-34-28-22-16-10-4/h73-76H,7-72H2,1-6H3. The molecule has 0 aliphatic carbocycles. The Labute approximate surface area is 588 Å². The van der Waals surface area contributed by atoms with E-state index in [2.05, 4.69) is 41.5 Å². The summed E-state index contributed by atoms with van der Waals surface area (Å²) < 4.78 is 45.9. The third-order valence-electron chi connectivity index (χ3n) is 19.2. The van der Waals surface area contributed by atoms with Crippen molar-refractivity contribution in [1.29, 1.82) is 0 Å². The average Bonchev–Trinajstić information content (AvgIpc) is 0.826. The molecule has 95 heavy (non-hydrogen) atoms. The van der Waals surface area contributed by atoms with Gasteiger partial charge in [-0.05, 0) is 62.8 Å². The fourth-order valence-corrected chi connectivity index (χ4v) is 12.9. The first-order chi connectivity index (χ1) is 46.9. The number of ether oxygens (including phenoxy) is 7. The summed E-state index contributed by atoms with van der Waals surface area (Å²) in [5.74, 6) is 1.36. The molecule has 0 atom stereocenters. The number of hydrogen-bond acceptors (Lipinski definition) is 9. The minimum Gasteiger partial charge on any atom is -0.490 e. The van der Waals surface area contributed by atoms with Crippen molar-refractivity contribution in [3.63, 3.8) is 0 Å². The Morgan fingerprint density at radius 2 is 0.337 bits per heavy atom. The van der Waals surface area contributed by atoms with E-state index in [0.29, 0.717) is 74.1 Å². The fraction of sp³-hybridized carbons (Fsp3) is 0.837.